The molecule has 1 atom stereocenters. The van der Waals surface area contributed by atoms with E-state index in [-0.39, 0.29) is 5.82 Å². The summed E-state index contributed by atoms with van der Waals surface area (Å²) in [4.78, 5) is 0. The van der Waals surface area contributed by atoms with Gasteiger partial charge in [-0.15, -0.1) is 0 Å². The zero-order valence-electron chi connectivity index (χ0n) is 8.33. The van der Waals surface area contributed by atoms with E-state index in [4.69, 9.17) is 0 Å². The van der Waals surface area contributed by atoms with Gasteiger partial charge >= 0.3 is 0 Å². The molecule has 0 saturated heterocycles. The molecule has 0 spiro atoms. The predicted molar refractivity (Wildman–Crippen MR) is 53.3 cm³/mol. The molecule has 0 bridgehead atoms. The smallest absolute Gasteiger partial charge is 0.123 e. The average molecular weight is 194 g/mol. The zero-order chi connectivity index (χ0) is 10.2. The zero-order valence-corrected chi connectivity index (χ0v) is 8.33. The third-order valence-electron chi connectivity index (χ3n) is 2.85. The summed E-state index contributed by atoms with van der Waals surface area (Å²) in [7, 11) is 0. The molecule has 0 heterocycles. The van der Waals surface area contributed by atoms with E-state index in [9.17, 15) is 9.50 Å². The van der Waals surface area contributed by atoms with Crippen LogP contribution in [0.4, 0.5) is 4.39 Å². The molecule has 1 aromatic rings. The minimum atomic E-state index is -0.797. The van der Waals surface area contributed by atoms with Crippen LogP contribution in [0.3, 0.4) is 0 Å². The second-order valence-corrected chi connectivity index (χ2v) is 4.43. The van der Waals surface area contributed by atoms with Gasteiger partial charge in [0, 0.05) is 0 Å². The molecule has 1 unspecified atom stereocenters. The maximum atomic E-state index is 12.7. The summed E-state index contributed by atoms with van der Waals surface area (Å²) in [6, 6.07) is 6.13. The summed E-state index contributed by atoms with van der Waals surface area (Å²) in [5.41, 5.74) is 0.0142. The molecular formula is C12H15FO. The first-order valence-corrected chi connectivity index (χ1v) is 5.06. The maximum Gasteiger partial charge on any atom is 0.123 e. The molecule has 2 heteroatoms. The Morgan fingerprint density at radius 3 is 2.43 bits per heavy atom. The Morgan fingerprint density at radius 1 is 1.36 bits per heavy atom. The second-order valence-electron chi connectivity index (χ2n) is 4.43. The summed E-state index contributed by atoms with van der Waals surface area (Å²) in [5, 5.41) is 10.2. The highest BCUT2D eigenvalue weighted by Crippen LogP contribution is 2.40. The van der Waals surface area contributed by atoms with Crippen LogP contribution < -0.4 is 0 Å². The molecule has 0 radical (unpaired) electrons. The van der Waals surface area contributed by atoms with Crippen LogP contribution in [-0.2, 0) is 5.60 Å². The van der Waals surface area contributed by atoms with Crippen molar-refractivity contribution >= 4 is 0 Å². The average Bonchev–Trinajstić information content (AvgIpc) is 2.88. The normalized spacial score (nSPS) is 20.5. The molecule has 1 aliphatic rings. The molecule has 1 aromatic carbocycles. The number of rotatable bonds is 3. The van der Waals surface area contributed by atoms with E-state index in [0.29, 0.717) is 5.92 Å². The van der Waals surface area contributed by atoms with Crippen LogP contribution in [-0.4, -0.2) is 5.11 Å². The molecular weight excluding hydrogens is 179 g/mol. The highest BCUT2D eigenvalue weighted by Gasteiger charge is 2.32. The Morgan fingerprint density at radius 2 is 1.93 bits per heavy atom. The van der Waals surface area contributed by atoms with Crippen molar-refractivity contribution in [1.82, 2.24) is 0 Å². The van der Waals surface area contributed by atoms with Crippen molar-refractivity contribution in [3.63, 3.8) is 0 Å². The SMILES string of the molecule is CC(O)(CC1CC1)c1ccc(F)cc1. The van der Waals surface area contributed by atoms with Crippen molar-refractivity contribution < 1.29 is 9.50 Å². The highest BCUT2D eigenvalue weighted by molar-refractivity contribution is 5.22. The van der Waals surface area contributed by atoms with Crippen LogP contribution in [0.2, 0.25) is 0 Å². The van der Waals surface area contributed by atoms with E-state index < -0.39 is 5.60 Å². The largest absolute Gasteiger partial charge is 0.385 e. The first-order valence-electron chi connectivity index (χ1n) is 5.06. The fourth-order valence-corrected chi connectivity index (χ4v) is 1.81. The van der Waals surface area contributed by atoms with Crippen LogP contribution in [0, 0.1) is 11.7 Å². The van der Waals surface area contributed by atoms with Gasteiger partial charge in [-0.1, -0.05) is 25.0 Å². The maximum absolute atomic E-state index is 12.7. The highest BCUT2D eigenvalue weighted by atomic mass is 19.1. The number of halogens is 1. The summed E-state index contributed by atoms with van der Waals surface area (Å²) in [5.74, 6) is 0.408. The lowest BCUT2D eigenvalue weighted by Crippen LogP contribution is -2.21. The predicted octanol–water partition coefficient (Wildman–Crippen LogP) is 2.83. The molecule has 1 saturated carbocycles. The van der Waals surface area contributed by atoms with Gasteiger partial charge in [0.1, 0.15) is 5.82 Å². The number of hydrogen-bond donors (Lipinski definition) is 1. The van der Waals surface area contributed by atoms with Gasteiger partial charge in [-0.25, -0.2) is 4.39 Å². The van der Waals surface area contributed by atoms with E-state index in [0.717, 1.165) is 12.0 Å². The van der Waals surface area contributed by atoms with Crippen LogP contribution in [0.15, 0.2) is 24.3 Å². The Kier molecular flexibility index (Phi) is 2.31. The van der Waals surface area contributed by atoms with Gasteiger partial charge in [0.15, 0.2) is 0 Å². The van der Waals surface area contributed by atoms with E-state index >= 15 is 0 Å². The van der Waals surface area contributed by atoms with Crippen molar-refractivity contribution in [1.29, 1.82) is 0 Å². The fourth-order valence-electron chi connectivity index (χ4n) is 1.81. The van der Waals surface area contributed by atoms with Crippen molar-refractivity contribution in [3.05, 3.63) is 35.6 Å². The van der Waals surface area contributed by atoms with E-state index in [2.05, 4.69) is 0 Å². The Hall–Kier alpha value is -0.890. The molecule has 1 N–H and O–H groups in total. The minimum absolute atomic E-state index is 0.254. The number of aliphatic hydroxyl groups is 1. The fraction of sp³-hybridized carbons (Fsp3) is 0.500. The monoisotopic (exact) mass is 194 g/mol. The third kappa shape index (κ3) is 2.13. The molecule has 76 valence electrons. The molecule has 1 nitrogen and oxygen atoms in total. The van der Waals surface area contributed by atoms with E-state index in [1.54, 1.807) is 19.1 Å². The quantitative estimate of drug-likeness (QED) is 0.784. The van der Waals surface area contributed by atoms with Crippen LogP contribution in [0.25, 0.3) is 0 Å². The summed E-state index contributed by atoms with van der Waals surface area (Å²) >= 11 is 0. The Labute approximate surface area is 83.6 Å². The molecule has 1 fully saturated rings. The number of benzene rings is 1. The molecule has 0 aliphatic heterocycles. The third-order valence-corrected chi connectivity index (χ3v) is 2.85. The van der Waals surface area contributed by atoms with Gasteiger partial charge in [-0.2, -0.15) is 0 Å². The van der Waals surface area contributed by atoms with Gasteiger partial charge < -0.3 is 5.11 Å². The van der Waals surface area contributed by atoms with Crippen LogP contribution in [0.5, 0.6) is 0 Å². The van der Waals surface area contributed by atoms with E-state index in [1.165, 1.54) is 25.0 Å². The van der Waals surface area contributed by atoms with Crippen molar-refractivity contribution in [2.45, 2.75) is 31.8 Å². The van der Waals surface area contributed by atoms with Crippen molar-refractivity contribution in [2.75, 3.05) is 0 Å². The summed E-state index contributed by atoms with van der Waals surface area (Å²) in [6.45, 7) is 1.80. The molecule has 0 aromatic heterocycles. The first kappa shape index (κ1) is 9.66. The Balaban J connectivity index is 2.14. The second kappa shape index (κ2) is 3.35. The van der Waals surface area contributed by atoms with Gasteiger partial charge in [-0.05, 0) is 37.0 Å². The lowest BCUT2D eigenvalue weighted by molar-refractivity contribution is 0.0417. The number of hydrogen-bond acceptors (Lipinski definition) is 1. The first-order chi connectivity index (χ1) is 6.58. The van der Waals surface area contributed by atoms with Gasteiger partial charge in [0.2, 0.25) is 0 Å². The summed E-state index contributed by atoms with van der Waals surface area (Å²) in [6.07, 6.45) is 3.23. The van der Waals surface area contributed by atoms with E-state index in [1.807, 2.05) is 0 Å². The van der Waals surface area contributed by atoms with Crippen molar-refractivity contribution in [2.24, 2.45) is 5.92 Å². The lowest BCUT2D eigenvalue weighted by Gasteiger charge is -2.23. The van der Waals surface area contributed by atoms with Crippen molar-refractivity contribution in [3.8, 4) is 0 Å². The van der Waals surface area contributed by atoms with Crippen LogP contribution >= 0.6 is 0 Å². The Bertz CT molecular complexity index is 312. The minimum Gasteiger partial charge on any atom is -0.385 e. The topological polar surface area (TPSA) is 20.2 Å². The lowest BCUT2D eigenvalue weighted by atomic mass is 9.90. The molecule has 0 amide bonds. The van der Waals surface area contributed by atoms with Gasteiger partial charge in [-0.3, -0.25) is 0 Å². The molecule has 2 rings (SSSR count). The van der Waals surface area contributed by atoms with Gasteiger partial charge in [0.05, 0.1) is 5.60 Å². The molecule has 14 heavy (non-hydrogen) atoms. The molecule has 1 aliphatic carbocycles. The van der Waals surface area contributed by atoms with Crippen LogP contribution in [0.1, 0.15) is 31.7 Å². The summed E-state index contributed by atoms with van der Waals surface area (Å²) < 4.78 is 12.7. The van der Waals surface area contributed by atoms with Gasteiger partial charge in [0.25, 0.3) is 0 Å². The standard InChI is InChI=1S/C12H15FO/c1-12(14,8-9-2-3-9)10-4-6-11(13)7-5-10/h4-7,9,14H,2-3,8H2,1H3.